The van der Waals surface area contributed by atoms with E-state index < -0.39 is 0 Å². The Hall–Kier alpha value is -1.06. The van der Waals surface area contributed by atoms with E-state index in [4.69, 9.17) is 5.73 Å². The first-order valence-corrected chi connectivity index (χ1v) is 6.92. The summed E-state index contributed by atoms with van der Waals surface area (Å²) in [4.78, 5) is 2.48. The molecule has 1 heterocycles. The molecule has 18 heavy (non-hydrogen) atoms. The molecular formula is C15H24N2O. The number of phenols is 1. The summed E-state index contributed by atoms with van der Waals surface area (Å²) >= 11 is 0. The second-order valence-corrected chi connectivity index (χ2v) is 5.35. The highest BCUT2D eigenvalue weighted by molar-refractivity contribution is 5.34. The molecule has 1 fully saturated rings. The summed E-state index contributed by atoms with van der Waals surface area (Å²) < 4.78 is 0. The molecule has 0 spiro atoms. The van der Waals surface area contributed by atoms with E-state index in [2.05, 4.69) is 18.7 Å². The lowest BCUT2D eigenvalue weighted by Crippen LogP contribution is -2.46. The van der Waals surface area contributed by atoms with Crippen molar-refractivity contribution in [1.29, 1.82) is 0 Å². The van der Waals surface area contributed by atoms with Crippen molar-refractivity contribution >= 4 is 0 Å². The van der Waals surface area contributed by atoms with Crippen molar-refractivity contribution in [2.75, 3.05) is 6.54 Å². The fourth-order valence-corrected chi connectivity index (χ4v) is 3.09. The van der Waals surface area contributed by atoms with E-state index in [0.29, 0.717) is 23.9 Å². The first-order chi connectivity index (χ1) is 8.63. The van der Waals surface area contributed by atoms with Gasteiger partial charge in [0.2, 0.25) is 0 Å². The maximum Gasteiger partial charge on any atom is 0.120 e. The summed E-state index contributed by atoms with van der Waals surface area (Å²) in [7, 11) is 0. The van der Waals surface area contributed by atoms with Gasteiger partial charge in [-0.05, 0) is 32.3 Å². The molecular weight excluding hydrogens is 224 g/mol. The molecule has 0 aromatic heterocycles. The zero-order chi connectivity index (χ0) is 13.1. The molecule has 0 amide bonds. The van der Waals surface area contributed by atoms with Gasteiger partial charge in [-0.2, -0.15) is 0 Å². The number of likely N-dealkylation sites (tertiary alicyclic amines) is 1. The van der Waals surface area contributed by atoms with Crippen molar-refractivity contribution < 1.29 is 5.11 Å². The number of benzene rings is 1. The van der Waals surface area contributed by atoms with Gasteiger partial charge in [-0.3, -0.25) is 4.90 Å². The van der Waals surface area contributed by atoms with E-state index in [9.17, 15) is 5.11 Å². The van der Waals surface area contributed by atoms with Crippen LogP contribution >= 0.6 is 0 Å². The first kappa shape index (κ1) is 13.4. The minimum atomic E-state index is 0.300. The molecule has 3 N–H and O–H groups in total. The van der Waals surface area contributed by atoms with Gasteiger partial charge in [0.15, 0.2) is 0 Å². The second kappa shape index (κ2) is 5.72. The largest absolute Gasteiger partial charge is 0.508 e. The van der Waals surface area contributed by atoms with E-state index in [1.807, 2.05) is 18.2 Å². The van der Waals surface area contributed by atoms with E-state index >= 15 is 0 Å². The van der Waals surface area contributed by atoms with E-state index in [0.717, 1.165) is 31.4 Å². The van der Waals surface area contributed by atoms with Crippen LogP contribution in [0.1, 0.15) is 44.7 Å². The van der Waals surface area contributed by atoms with Crippen molar-refractivity contribution in [2.24, 2.45) is 5.73 Å². The average molecular weight is 248 g/mol. The molecule has 2 rings (SSSR count). The zero-order valence-corrected chi connectivity index (χ0v) is 11.3. The summed E-state index contributed by atoms with van der Waals surface area (Å²) in [5, 5.41) is 10.0. The molecule has 3 unspecified atom stereocenters. The highest BCUT2D eigenvalue weighted by Crippen LogP contribution is 2.34. The van der Waals surface area contributed by atoms with Gasteiger partial charge in [-0.15, -0.1) is 0 Å². The molecule has 1 saturated heterocycles. The second-order valence-electron chi connectivity index (χ2n) is 5.35. The number of piperidine rings is 1. The van der Waals surface area contributed by atoms with Gasteiger partial charge in [-0.25, -0.2) is 0 Å². The van der Waals surface area contributed by atoms with Crippen LogP contribution in [0.15, 0.2) is 24.3 Å². The van der Waals surface area contributed by atoms with Crippen molar-refractivity contribution in [2.45, 2.75) is 51.2 Å². The van der Waals surface area contributed by atoms with Crippen LogP contribution in [-0.4, -0.2) is 28.6 Å². The fraction of sp³-hybridized carbons (Fsp3) is 0.600. The molecule has 0 radical (unpaired) electrons. The molecule has 3 atom stereocenters. The van der Waals surface area contributed by atoms with Crippen molar-refractivity contribution in [3.05, 3.63) is 29.8 Å². The molecule has 3 nitrogen and oxygen atoms in total. The number of aromatic hydroxyl groups is 1. The van der Waals surface area contributed by atoms with Crippen LogP contribution in [0.2, 0.25) is 0 Å². The van der Waals surface area contributed by atoms with Gasteiger partial charge in [0, 0.05) is 30.2 Å². The highest BCUT2D eigenvalue weighted by Gasteiger charge is 2.29. The molecule has 1 aromatic rings. The van der Waals surface area contributed by atoms with Crippen LogP contribution in [0.25, 0.3) is 0 Å². The topological polar surface area (TPSA) is 49.5 Å². The maximum atomic E-state index is 10.0. The van der Waals surface area contributed by atoms with Gasteiger partial charge in [0.1, 0.15) is 5.75 Å². The van der Waals surface area contributed by atoms with Gasteiger partial charge in [0.05, 0.1) is 0 Å². The fourth-order valence-electron chi connectivity index (χ4n) is 3.09. The molecule has 100 valence electrons. The lowest BCUT2D eigenvalue weighted by atomic mass is 9.93. The number of hydrogen-bond acceptors (Lipinski definition) is 3. The summed E-state index contributed by atoms with van der Waals surface area (Å²) in [6.45, 7) is 5.44. The van der Waals surface area contributed by atoms with Crippen LogP contribution in [0, 0.1) is 0 Å². The Bertz CT molecular complexity index is 394. The molecule has 0 bridgehead atoms. The number of phenolic OH excluding ortho intramolecular Hbond substituents is 1. The number of para-hydroxylation sites is 1. The summed E-state index contributed by atoms with van der Waals surface area (Å²) in [5.41, 5.74) is 7.07. The molecule has 3 heteroatoms. The highest BCUT2D eigenvalue weighted by atomic mass is 16.3. The van der Waals surface area contributed by atoms with Gasteiger partial charge in [0.25, 0.3) is 0 Å². The summed E-state index contributed by atoms with van der Waals surface area (Å²) in [5.74, 6) is 0.409. The molecule has 0 saturated carbocycles. The predicted octanol–water partition coefficient (Wildman–Crippen LogP) is 2.65. The monoisotopic (exact) mass is 248 g/mol. The number of rotatable bonds is 3. The summed E-state index contributed by atoms with van der Waals surface area (Å²) in [6, 6.07) is 8.80. The Morgan fingerprint density at radius 2 is 2.17 bits per heavy atom. The first-order valence-electron chi connectivity index (χ1n) is 6.92. The third kappa shape index (κ3) is 2.68. The standard InChI is InChI=1S/C15H24N2O/c1-3-14(13-6-4-5-7-15(13)18)17-9-8-12(16)10-11(17)2/h4-7,11-12,14,18H,3,8-10,16H2,1-2H3. The van der Waals surface area contributed by atoms with E-state index in [-0.39, 0.29) is 0 Å². The van der Waals surface area contributed by atoms with Gasteiger partial charge in [-0.1, -0.05) is 25.1 Å². The van der Waals surface area contributed by atoms with Crippen LogP contribution in [0.5, 0.6) is 5.75 Å². The van der Waals surface area contributed by atoms with Crippen LogP contribution in [-0.2, 0) is 0 Å². The smallest absolute Gasteiger partial charge is 0.120 e. The van der Waals surface area contributed by atoms with E-state index in [1.54, 1.807) is 6.07 Å². The Labute approximate surface area is 110 Å². The van der Waals surface area contributed by atoms with Crippen molar-refractivity contribution in [1.82, 2.24) is 4.90 Å². The Morgan fingerprint density at radius 3 is 2.78 bits per heavy atom. The van der Waals surface area contributed by atoms with Gasteiger partial charge >= 0.3 is 0 Å². The Kier molecular flexibility index (Phi) is 4.25. The molecule has 0 aliphatic carbocycles. The number of nitrogens with two attached hydrogens (primary N) is 1. The zero-order valence-electron chi connectivity index (χ0n) is 11.3. The molecule has 1 aromatic carbocycles. The normalized spacial score (nSPS) is 27.1. The van der Waals surface area contributed by atoms with Crippen molar-refractivity contribution in [3.8, 4) is 5.75 Å². The quantitative estimate of drug-likeness (QED) is 0.864. The predicted molar refractivity (Wildman–Crippen MR) is 74.5 cm³/mol. The third-order valence-corrected chi connectivity index (χ3v) is 4.05. The lowest BCUT2D eigenvalue weighted by Gasteiger charge is -2.41. The SMILES string of the molecule is CCC(c1ccccc1O)N1CCC(N)CC1C. The molecule has 1 aliphatic rings. The van der Waals surface area contributed by atoms with Crippen LogP contribution in [0.4, 0.5) is 0 Å². The minimum Gasteiger partial charge on any atom is -0.508 e. The summed E-state index contributed by atoms with van der Waals surface area (Å²) in [6.07, 6.45) is 3.11. The number of nitrogens with zero attached hydrogens (tertiary/aromatic N) is 1. The molecule has 1 aliphatic heterocycles. The van der Waals surface area contributed by atoms with Crippen LogP contribution < -0.4 is 5.73 Å². The van der Waals surface area contributed by atoms with E-state index in [1.165, 1.54) is 0 Å². The van der Waals surface area contributed by atoms with Gasteiger partial charge < -0.3 is 10.8 Å². The number of hydrogen-bond donors (Lipinski definition) is 2. The Morgan fingerprint density at radius 1 is 1.44 bits per heavy atom. The Balaban J connectivity index is 2.21. The lowest BCUT2D eigenvalue weighted by molar-refractivity contribution is 0.0915. The average Bonchev–Trinajstić information content (AvgIpc) is 2.34. The maximum absolute atomic E-state index is 10.0. The van der Waals surface area contributed by atoms with Crippen LogP contribution in [0.3, 0.4) is 0 Å². The minimum absolute atomic E-state index is 0.300. The van der Waals surface area contributed by atoms with Crippen molar-refractivity contribution in [3.63, 3.8) is 0 Å². The third-order valence-electron chi connectivity index (χ3n) is 4.05.